The fraction of sp³-hybridized carbons (Fsp3) is 0.0625. The molecular weight excluding hydrogens is 258 g/mol. The van der Waals surface area contributed by atoms with E-state index in [1.807, 2.05) is 48.6 Å². The molecule has 0 aromatic heterocycles. The maximum atomic E-state index is 8.73. The Labute approximate surface area is 117 Å². The molecule has 94 valence electrons. The lowest BCUT2D eigenvalue weighted by Crippen LogP contribution is -1.94. The smallest absolute Gasteiger partial charge is 0.138 e. The van der Waals surface area contributed by atoms with E-state index < -0.39 is 0 Å². The van der Waals surface area contributed by atoms with Gasteiger partial charge < -0.3 is 4.74 Å². The summed E-state index contributed by atoms with van der Waals surface area (Å²) in [6.45, 7) is 0.431. The number of hydrogen-bond acceptors (Lipinski definition) is 2. The van der Waals surface area contributed by atoms with E-state index in [1.54, 1.807) is 18.2 Å². The fourth-order valence-electron chi connectivity index (χ4n) is 1.57. The molecule has 0 heterocycles. The van der Waals surface area contributed by atoms with Gasteiger partial charge in [-0.25, -0.2) is 0 Å². The SMILES string of the molecule is N#Cc1ccc(OC/C=C/c2ccccc2)c(Cl)c1. The Bertz CT molecular complexity index is 614. The van der Waals surface area contributed by atoms with Crippen molar-refractivity contribution in [3.8, 4) is 11.8 Å². The third-order valence-corrected chi connectivity index (χ3v) is 2.80. The molecule has 0 aliphatic rings. The van der Waals surface area contributed by atoms with Gasteiger partial charge in [0.15, 0.2) is 0 Å². The molecule has 0 saturated carbocycles. The van der Waals surface area contributed by atoms with Crippen molar-refractivity contribution in [2.24, 2.45) is 0 Å². The molecule has 19 heavy (non-hydrogen) atoms. The summed E-state index contributed by atoms with van der Waals surface area (Å²) in [5, 5.41) is 9.18. The zero-order valence-electron chi connectivity index (χ0n) is 10.2. The molecule has 0 atom stereocenters. The molecule has 2 nitrogen and oxygen atoms in total. The molecule has 2 aromatic carbocycles. The van der Waals surface area contributed by atoms with Crippen LogP contribution in [0.4, 0.5) is 0 Å². The van der Waals surface area contributed by atoms with E-state index in [-0.39, 0.29) is 0 Å². The first-order valence-corrected chi connectivity index (χ1v) is 6.21. The van der Waals surface area contributed by atoms with Gasteiger partial charge in [0.2, 0.25) is 0 Å². The van der Waals surface area contributed by atoms with Gasteiger partial charge in [-0.15, -0.1) is 0 Å². The molecule has 0 fully saturated rings. The van der Waals surface area contributed by atoms with Crippen LogP contribution in [0.5, 0.6) is 5.75 Å². The van der Waals surface area contributed by atoms with Crippen LogP contribution in [0.3, 0.4) is 0 Å². The van der Waals surface area contributed by atoms with Crippen LogP contribution >= 0.6 is 11.6 Å². The van der Waals surface area contributed by atoms with Crippen molar-refractivity contribution < 1.29 is 4.74 Å². The zero-order valence-corrected chi connectivity index (χ0v) is 11.0. The maximum Gasteiger partial charge on any atom is 0.138 e. The molecule has 0 radical (unpaired) electrons. The molecule has 2 rings (SSSR count). The lowest BCUT2D eigenvalue weighted by atomic mass is 10.2. The van der Waals surface area contributed by atoms with Crippen LogP contribution in [0.15, 0.2) is 54.6 Å². The van der Waals surface area contributed by atoms with E-state index in [9.17, 15) is 0 Å². The van der Waals surface area contributed by atoms with E-state index >= 15 is 0 Å². The van der Waals surface area contributed by atoms with Gasteiger partial charge in [-0.3, -0.25) is 0 Å². The Hall–Kier alpha value is -2.24. The van der Waals surface area contributed by atoms with Crippen LogP contribution < -0.4 is 4.74 Å². The minimum Gasteiger partial charge on any atom is -0.488 e. The van der Waals surface area contributed by atoms with Crippen molar-refractivity contribution in [1.82, 2.24) is 0 Å². The molecule has 0 bridgehead atoms. The summed E-state index contributed by atoms with van der Waals surface area (Å²) in [5.74, 6) is 0.582. The Morgan fingerprint density at radius 1 is 1.16 bits per heavy atom. The summed E-state index contributed by atoms with van der Waals surface area (Å²) < 4.78 is 5.53. The van der Waals surface area contributed by atoms with Crippen molar-refractivity contribution in [3.63, 3.8) is 0 Å². The normalized spacial score (nSPS) is 10.3. The molecule has 2 aromatic rings. The van der Waals surface area contributed by atoms with E-state index in [0.29, 0.717) is 22.9 Å². The Morgan fingerprint density at radius 2 is 1.95 bits per heavy atom. The van der Waals surface area contributed by atoms with Crippen LogP contribution in [-0.4, -0.2) is 6.61 Å². The minimum atomic E-state index is 0.431. The van der Waals surface area contributed by atoms with E-state index in [1.165, 1.54) is 0 Å². The molecule has 0 spiro atoms. The third kappa shape index (κ3) is 3.87. The average Bonchev–Trinajstić information content (AvgIpc) is 2.46. The highest BCUT2D eigenvalue weighted by Gasteiger charge is 2.01. The van der Waals surface area contributed by atoms with E-state index in [2.05, 4.69) is 0 Å². The third-order valence-electron chi connectivity index (χ3n) is 2.51. The standard InChI is InChI=1S/C16H12ClNO/c17-15-11-14(12-18)8-9-16(15)19-10-4-7-13-5-2-1-3-6-13/h1-9,11H,10H2/b7-4+. The number of halogens is 1. The number of benzene rings is 2. The summed E-state index contributed by atoms with van der Waals surface area (Å²) >= 11 is 6.00. The van der Waals surface area contributed by atoms with Crippen molar-refractivity contribution in [3.05, 3.63) is 70.8 Å². The van der Waals surface area contributed by atoms with Crippen molar-refractivity contribution in [2.45, 2.75) is 0 Å². The first kappa shape index (κ1) is 13.2. The van der Waals surface area contributed by atoms with Gasteiger partial charge in [0.1, 0.15) is 12.4 Å². The number of rotatable bonds is 4. The highest BCUT2D eigenvalue weighted by molar-refractivity contribution is 6.32. The van der Waals surface area contributed by atoms with Gasteiger partial charge in [-0.05, 0) is 29.8 Å². The van der Waals surface area contributed by atoms with Gasteiger partial charge >= 0.3 is 0 Å². The second kappa shape index (κ2) is 6.63. The van der Waals surface area contributed by atoms with Crippen LogP contribution in [0.2, 0.25) is 5.02 Å². The molecule has 0 saturated heterocycles. The monoisotopic (exact) mass is 269 g/mol. The van der Waals surface area contributed by atoms with Gasteiger partial charge in [-0.2, -0.15) is 5.26 Å². The van der Waals surface area contributed by atoms with Crippen LogP contribution in [0.1, 0.15) is 11.1 Å². The first-order valence-electron chi connectivity index (χ1n) is 5.83. The van der Waals surface area contributed by atoms with Crippen LogP contribution in [0.25, 0.3) is 6.08 Å². The number of nitrogens with zero attached hydrogens (tertiary/aromatic N) is 1. The van der Waals surface area contributed by atoms with E-state index in [0.717, 1.165) is 5.56 Å². The fourth-order valence-corrected chi connectivity index (χ4v) is 1.81. The molecule has 3 heteroatoms. The van der Waals surface area contributed by atoms with Gasteiger partial charge in [0.05, 0.1) is 16.7 Å². The molecule has 0 amide bonds. The predicted octanol–water partition coefficient (Wildman–Crippen LogP) is 4.30. The predicted molar refractivity (Wildman–Crippen MR) is 77.1 cm³/mol. The largest absolute Gasteiger partial charge is 0.488 e. The van der Waals surface area contributed by atoms with Crippen LogP contribution in [-0.2, 0) is 0 Å². The molecular formula is C16H12ClNO. The average molecular weight is 270 g/mol. The summed E-state index contributed by atoms with van der Waals surface area (Å²) in [5.41, 5.74) is 1.65. The maximum absolute atomic E-state index is 8.73. The van der Waals surface area contributed by atoms with Crippen LogP contribution in [0, 0.1) is 11.3 Å². The second-order valence-corrected chi connectivity index (χ2v) is 4.29. The van der Waals surface area contributed by atoms with E-state index in [4.69, 9.17) is 21.6 Å². The zero-order chi connectivity index (χ0) is 13.5. The highest BCUT2D eigenvalue weighted by atomic mass is 35.5. The number of ether oxygens (including phenoxy) is 1. The lowest BCUT2D eigenvalue weighted by Gasteiger charge is -2.05. The summed E-state index contributed by atoms with van der Waals surface area (Å²) in [7, 11) is 0. The molecule has 0 aliphatic heterocycles. The Morgan fingerprint density at radius 3 is 2.63 bits per heavy atom. The Balaban J connectivity index is 1.93. The van der Waals surface area contributed by atoms with Gasteiger partial charge in [0.25, 0.3) is 0 Å². The quantitative estimate of drug-likeness (QED) is 0.829. The minimum absolute atomic E-state index is 0.431. The van der Waals surface area contributed by atoms with Gasteiger partial charge in [0, 0.05) is 0 Å². The number of hydrogen-bond donors (Lipinski definition) is 0. The van der Waals surface area contributed by atoms with Crippen molar-refractivity contribution >= 4 is 17.7 Å². The molecule has 0 unspecified atom stereocenters. The summed E-state index contributed by atoms with van der Waals surface area (Å²) in [6, 6.07) is 17.0. The van der Waals surface area contributed by atoms with Crippen molar-refractivity contribution in [1.29, 1.82) is 5.26 Å². The topological polar surface area (TPSA) is 33.0 Å². The lowest BCUT2D eigenvalue weighted by molar-refractivity contribution is 0.364. The van der Waals surface area contributed by atoms with Gasteiger partial charge in [-0.1, -0.05) is 48.0 Å². The molecule has 0 N–H and O–H groups in total. The first-order chi connectivity index (χ1) is 9.29. The van der Waals surface area contributed by atoms with Crippen molar-refractivity contribution in [2.75, 3.05) is 6.61 Å². The summed E-state index contributed by atoms with van der Waals surface area (Å²) in [6.07, 6.45) is 3.90. The Kier molecular flexibility index (Phi) is 4.60. The highest BCUT2D eigenvalue weighted by Crippen LogP contribution is 2.25. The summed E-state index contributed by atoms with van der Waals surface area (Å²) in [4.78, 5) is 0. The molecule has 0 aliphatic carbocycles. The second-order valence-electron chi connectivity index (χ2n) is 3.88. The number of nitriles is 1.